The van der Waals surface area contributed by atoms with E-state index in [4.69, 9.17) is 9.84 Å². The van der Waals surface area contributed by atoms with Gasteiger partial charge in [-0.15, -0.1) is 0 Å². The maximum absolute atomic E-state index is 11.3. The Hall–Kier alpha value is -3.15. The molecule has 1 aromatic carbocycles. The first-order valence-electron chi connectivity index (χ1n) is 9.23. The van der Waals surface area contributed by atoms with Gasteiger partial charge in [0.1, 0.15) is 12.4 Å². The van der Waals surface area contributed by atoms with Gasteiger partial charge in [0.05, 0.1) is 23.6 Å². The zero-order valence-electron chi connectivity index (χ0n) is 15.1. The number of aromatic nitrogens is 3. The molecule has 0 radical (unpaired) electrons. The van der Waals surface area contributed by atoms with Crippen LogP contribution in [0.2, 0.25) is 0 Å². The van der Waals surface area contributed by atoms with Crippen molar-refractivity contribution < 1.29 is 9.53 Å². The van der Waals surface area contributed by atoms with Crippen LogP contribution in [-0.4, -0.2) is 20.7 Å². The largest absolute Gasteiger partial charge is 0.487 e. The third-order valence-electron chi connectivity index (χ3n) is 5.03. The topological polar surface area (TPSA) is 69.0 Å². The molecule has 0 saturated heterocycles. The Morgan fingerprint density at radius 2 is 2.15 bits per heavy atom. The smallest absolute Gasteiger partial charge is 0.221 e. The van der Waals surface area contributed by atoms with Crippen molar-refractivity contribution >= 4 is 11.6 Å². The number of pyridine rings is 1. The van der Waals surface area contributed by atoms with Crippen LogP contribution in [0.5, 0.6) is 5.75 Å². The van der Waals surface area contributed by atoms with E-state index in [0.29, 0.717) is 19.1 Å². The standard InChI is InChI=1S/C21H20N4O2/c1-13(26)23-16-7-6-15-11-25-17(12-27-20(15)9-16)10-19(24-25)18-3-2-8-22-21(18)14-4-5-14/h2-3,6-10,14H,4-5,11-12H2,1H3,(H,23,26). The Morgan fingerprint density at radius 3 is 2.96 bits per heavy atom. The van der Waals surface area contributed by atoms with E-state index in [-0.39, 0.29) is 5.91 Å². The minimum Gasteiger partial charge on any atom is -0.487 e. The third kappa shape index (κ3) is 3.07. The van der Waals surface area contributed by atoms with Crippen LogP contribution in [0.15, 0.2) is 42.6 Å². The predicted molar refractivity (Wildman–Crippen MR) is 102 cm³/mol. The van der Waals surface area contributed by atoms with E-state index in [2.05, 4.69) is 22.4 Å². The van der Waals surface area contributed by atoms with Gasteiger partial charge >= 0.3 is 0 Å². The van der Waals surface area contributed by atoms with E-state index in [1.54, 1.807) is 0 Å². The van der Waals surface area contributed by atoms with Crippen molar-refractivity contribution in [3.63, 3.8) is 0 Å². The highest BCUT2D eigenvalue weighted by Gasteiger charge is 2.29. The van der Waals surface area contributed by atoms with Crippen LogP contribution < -0.4 is 10.1 Å². The highest BCUT2D eigenvalue weighted by molar-refractivity contribution is 5.88. The Labute approximate surface area is 157 Å². The summed E-state index contributed by atoms with van der Waals surface area (Å²) in [6, 6.07) is 11.9. The van der Waals surface area contributed by atoms with E-state index in [1.807, 2.05) is 35.1 Å². The molecule has 2 aromatic heterocycles. The maximum Gasteiger partial charge on any atom is 0.221 e. The van der Waals surface area contributed by atoms with Gasteiger partial charge in [-0.3, -0.25) is 14.5 Å². The summed E-state index contributed by atoms with van der Waals surface area (Å²) in [6.07, 6.45) is 4.29. The zero-order chi connectivity index (χ0) is 18.4. The molecule has 1 N–H and O–H groups in total. The molecule has 5 rings (SSSR count). The molecule has 0 atom stereocenters. The van der Waals surface area contributed by atoms with Gasteiger partial charge in [0.15, 0.2) is 0 Å². The summed E-state index contributed by atoms with van der Waals surface area (Å²) in [5.41, 5.74) is 6.07. The molecule has 1 saturated carbocycles. The van der Waals surface area contributed by atoms with E-state index in [0.717, 1.165) is 39.6 Å². The van der Waals surface area contributed by atoms with Crippen LogP contribution in [-0.2, 0) is 17.9 Å². The number of nitrogens with zero attached hydrogens (tertiary/aromatic N) is 3. The first-order valence-corrected chi connectivity index (χ1v) is 9.23. The van der Waals surface area contributed by atoms with Crippen molar-refractivity contribution in [3.05, 3.63) is 59.5 Å². The Kier molecular flexibility index (Phi) is 3.70. The number of carbonyl (C=O) groups excluding carboxylic acids is 1. The van der Waals surface area contributed by atoms with Crippen molar-refractivity contribution in [2.75, 3.05) is 5.32 Å². The first-order chi connectivity index (χ1) is 13.2. The summed E-state index contributed by atoms with van der Waals surface area (Å²) < 4.78 is 8.01. The molecule has 3 aromatic rings. The number of rotatable bonds is 3. The number of anilines is 1. The molecule has 1 amide bonds. The quantitative estimate of drug-likeness (QED) is 0.773. The second-order valence-electron chi connectivity index (χ2n) is 7.18. The molecule has 1 fully saturated rings. The minimum absolute atomic E-state index is 0.0934. The summed E-state index contributed by atoms with van der Waals surface area (Å²) in [4.78, 5) is 15.9. The third-order valence-corrected chi connectivity index (χ3v) is 5.03. The molecule has 3 heterocycles. The number of benzene rings is 1. The van der Waals surface area contributed by atoms with Crippen molar-refractivity contribution in [1.82, 2.24) is 14.8 Å². The Morgan fingerprint density at radius 1 is 1.26 bits per heavy atom. The molecule has 0 spiro atoms. The van der Waals surface area contributed by atoms with Gasteiger partial charge in [0.25, 0.3) is 0 Å². The molecular formula is C21H20N4O2. The molecule has 1 aliphatic carbocycles. The van der Waals surface area contributed by atoms with E-state index in [1.165, 1.54) is 19.8 Å². The summed E-state index contributed by atoms with van der Waals surface area (Å²) in [5.74, 6) is 1.27. The van der Waals surface area contributed by atoms with Crippen LogP contribution in [0.4, 0.5) is 5.69 Å². The first kappa shape index (κ1) is 16.1. The van der Waals surface area contributed by atoms with Crippen LogP contribution in [0, 0.1) is 0 Å². The van der Waals surface area contributed by atoms with Gasteiger partial charge in [0.2, 0.25) is 5.91 Å². The number of amides is 1. The Bertz CT molecular complexity index is 1040. The van der Waals surface area contributed by atoms with Gasteiger partial charge in [-0.2, -0.15) is 5.10 Å². The zero-order valence-corrected chi connectivity index (χ0v) is 15.1. The lowest BCUT2D eigenvalue weighted by Crippen LogP contribution is -2.06. The highest BCUT2D eigenvalue weighted by atomic mass is 16.5. The number of ether oxygens (including phenoxy) is 1. The maximum atomic E-state index is 11.3. The minimum atomic E-state index is -0.0934. The second-order valence-corrected chi connectivity index (χ2v) is 7.18. The van der Waals surface area contributed by atoms with Gasteiger partial charge in [-0.1, -0.05) is 6.07 Å². The Balaban J connectivity index is 1.47. The predicted octanol–water partition coefficient (Wildman–Crippen LogP) is 3.72. The van der Waals surface area contributed by atoms with Crippen molar-refractivity contribution in [3.8, 4) is 17.0 Å². The molecule has 6 heteroatoms. The molecule has 0 bridgehead atoms. The monoisotopic (exact) mass is 360 g/mol. The second kappa shape index (κ2) is 6.23. The van der Waals surface area contributed by atoms with E-state index in [9.17, 15) is 4.79 Å². The number of hydrogen-bond donors (Lipinski definition) is 1. The number of nitrogens with one attached hydrogen (secondary N) is 1. The normalized spacial score (nSPS) is 15.3. The summed E-state index contributed by atoms with van der Waals surface area (Å²) in [7, 11) is 0. The lowest BCUT2D eigenvalue weighted by Gasteiger charge is -2.10. The van der Waals surface area contributed by atoms with Gasteiger partial charge in [-0.25, -0.2) is 0 Å². The highest BCUT2D eigenvalue weighted by Crippen LogP contribution is 2.43. The average Bonchev–Trinajstić information content (AvgIpc) is 3.45. The number of hydrogen-bond acceptors (Lipinski definition) is 4. The van der Waals surface area contributed by atoms with Gasteiger partial charge < -0.3 is 10.1 Å². The van der Waals surface area contributed by atoms with Crippen LogP contribution >= 0.6 is 0 Å². The molecular weight excluding hydrogens is 340 g/mol. The molecule has 6 nitrogen and oxygen atoms in total. The van der Waals surface area contributed by atoms with E-state index >= 15 is 0 Å². The van der Waals surface area contributed by atoms with E-state index < -0.39 is 0 Å². The molecule has 1 aliphatic heterocycles. The average molecular weight is 360 g/mol. The number of carbonyl (C=O) groups is 1. The molecule has 27 heavy (non-hydrogen) atoms. The van der Waals surface area contributed by atoms with Gasteiger partial charge in [0, 0.05) is 41.9 Å². The summed E-state index contributed by atoms with van der Waals surface area (Å²) in [6.45, 7) is 2.59. The van der Waals surface area contributed by atoms with Crippen molar-refractivity contribution in [2.45, 2.75) is 38.8 Å². The van der Waals surface area contributed by atoms with Crippen LogP contribution in [0.3, 0.4) is 0 Å². The van der Waals surface area contributed by atoms with Crippen molar-refractivity contribution in [2.24, 2.45) is 0 Å². The summed E-state index contributed by atoms with van der Waals surface area (Å²) in [5, 5.41) is 7.64. The molecule has 136 valence electrons. The fourth-order valence-electron chi connectivity index (χ4n) is 3.57. The summed E-state index contributed by atoms with van der Waals surface area (Å²) >= 11 is 0. The fourth-order valence-corrected chi connectivity index (χ4v) is 3.57. The number of fused-ring (bicyclic) bond motifs is 2. The van der Waals surface area contributed by atoms with Gasteiger partial charge in [-0.05, 0) is 37.1 Å². The molecule has 2 aliphatic rings. The lowest BCUT2D eigenvalue weighted by molar-refractivity contribution is -0.114. The lowest BCUT2D eigenvalue weighted by atomic mass is 10.1. The van der Waals surface area contributed by atoms with Crippen LogP contribution in [0.1, 0.15) is 42.6 Å². The van der Waals surface area contributed by atoms with Crippen molar-refractivity contribution in [1.29, 1.82) is 0 Å². The van der Waals surface area contributed by atoms with Crippen LogP contribution in [0.25, 0.3) is 11.3 Å². The fraction of sp³-hybridized carbons (Fsp3) is 0.286. The SMILES string of the molecule is CC(=O)Nc1ccc2c(c1)OCc1cc(-c3cccnc3C3CC3)nn1C2. The molecule has 0 unspecified atom stereocenters.